The summed E-state index contributed by atoms with van der Waals surface area (Å²) in [7, 11) is 1.61. The van der Waals surface area contributed by atoms with E-state index in [-0.39, 0.29) is 24.9 Å². The first-order valence-corrected chi connectivity index (χ1v) is 8.10. The molecule has 1 N–H and O–H groups in total. The Bertz CT molecular complexity index is 582. The highest BCUT2D eigenvalue weighted by atomic mass is 35.5. The quantitative estimate of drug-likeness (QED) is 0.794. The smallest absolute Gasteiger partial charge is 0.260 e. The summed E-state index contributed by atoms with van der Waals surface area (Å²) in [5, 5.41) is 3.38. The van der Waals surface area contributed by atoms with Gasteiger partial charge >= 0.3 is 0 Å². The van der Waals surface area contributed by atoms with Crippen molar-refractivity contribution in [3.63, 3.8) is 0 Å². The molecule has 6 heteroatoms. The minimum absolute atomic E-state index is 0. The van der Waals surface area contributed by atoms with Crippen LogP contribution < -0.4 is 14.8 Å². The maximum atomic E-state index is 12.3. The third kappa shape index (κ3) is 4.02. The van der Waals surface area contributed by atoms with Crippen LogP contribution in [0.15, 0.2) is 30.9 Å². The number of hydrogen-bond acceptors (Lipinski definition) is 4. The van der Waals surface area contributed by atoms with Gasteiger partial charge in [-0.1, -0.05) is 12.1 Å². The van der Waals surface area contributed by atoms with Crippen LogP contribution in [0.5, 0.6) is 11.5 Å². The number of hydrogen-bond donors (Lipinski definition) is 1. The molecule has 5 nitrogen and oxygen atoms in total. The van der Waals surface area contributed by atoms with E-state index in [4.69, 9.17) is 9.47 Å². The lowest BCUT2D eigenvalue weighted by atomic mass is 10.0. The van der Waals surface area contributed by atoms with Gasteiger partial charge in [-0.15, -0.1) is 19.0 Å². The molecule has 0 bridgehead atoms. The summed E-state index contributed by atoms with van der Waals surface area (Å²) in [5.74, 6) is 2.52. The van der Waals surface area contributed by atoms with E-state index in [1.165, 1.54) is 0 Å². The van der Waals surface area contributed by atoms with Crippen molar-refractivity contribution in [1.82, 2.24) is 10.2 Å². The minimum atomic E-state index is 0. The Kier molecular flexibility index (Phi) is 6.52. The minimum Gasteiger partial charge on any atom is -0.493 e. The number of allylic oxidation sites excluding steroid dienone is 1. The van der Waals surface area contributed by atoms with Gasteiger partial charge in [-0.25, -0.2) is 0 Å². The highest BCUT2D eigenvalue weighted by molar-refractivity contribution is 5.85. The maximum absolute atomic E-state index is 12.3. The number of likely N-dealkylation sites (tertiary alicyclic amines) is 1. The van der Waals surface area contributed by atoms with Crippen molar-refractivity contribution in [3.05, 3.63) is 36.4 Å². The van der Waals surface area contributed by atoms with Gasteiger partial charge in [0.15, 0.2) is 18.1 Å². The molecule has 24 heavy (non-hydrogen) atoms. The van der Waals surface area contributed by atoms with Crippen LogP contribution in [0.3, 0.4) is 0 Å². The second-order valence-electron chi connectivity index (χ2n) is 6.24. The molecule has 2 aliphatic heterocycles. The van der Waals surface area contributed by atoms with Crippen molar-refractivity contribution in [2.45, 2.75) is 6.42 Å². The van der Waals surface area contributed by atoms with Crippen LogP contribution in [0.4, 0.5) is 0 Å². The van der Waals surface area contributed by atoms with E-state index >= 15 is 0 Å². The molecular formula is C18H25ClN2O3. The van der Waals surface area contributed by atoms with E-state index in [2.05, 4.69) is 11.9 Å². The Balaban J connectivity index is 0.00000208. The maximum Gasteiger partial charge on any atom is 0.260 e. The molecule has 2 fully saturated rings. The second-order valence-corrected chi connectivity index (χ2v) is 6.24. The number of nitrogens with zero attached hydrogens (tertiary/aromatic N) is 1. The van der Waals surface area contributed by atoms with Crippen LogP contribution in [0.2, 0.25) is 0 Å². The predicted molar refractivity (Wildman–Crippen MR) is 96.1 cm³/mol. The van der Waals surface area contributed by atoms with Crippen molar-refractivity contribution in [3.8, 4) is 11.5 Å². The number of carbonyl (C=O) groups is 1. The molecule has 0 aliphatic carbocycles. The number of carbonyl (C=O) groups excluding carboxylic acids is 1. The monoisotopic (exact) mass is 352 g/mol. The molecule has 2 aliphatic rings. The van der Waals surface area contributed by atoms with E-state index in [1.54, 1.807) is 7.11 Å². The van der Waals surface area contributed by atoms with Crippen molar-refractivity contribution in [1.29, 1.82) is 0 Å². The van der Waals surface area contributed by atoms with E-state index in [0.29, 0.717) is 23.3 Å². The van der Waals surface area contributed by atoms with Gasteiger partial charge in [-0.3, -0.25) is 4.79 Å². The summed E-state index contributed by atoms with van der Waals surface area (Å²) in [6.07, 6.45) is 2.62. The number of amides is 1. The van der Waals surface area contributed by atoms with Crippen molar-refractivity contribution < 1.29 is 14.3 Å². The molecule has 2 heterocycles. The molecule has 2 saturated heterocycles. The highest BCUT2D eigenvalue weighted by Crippen LogP contribution is 2.29. The van der Waals surface area contributed by atoms with Crippen molar-refractivity contribution >= 4 is 18.3 Å². The first-order valence-electron chi connectivity index (χ1n) is 8.10. The Labute approximate surface area is 149 Å². The lowest BCUT2D eigenvalue weighted by Gasteiger charge is -2.18. The van der Waals surface area contributed by atoms with Gasteiger partial charge < -0.3 is 19.7 Å². The summed E-state index contributed by atoms with van der Waals surface area (Å²) in [6.45, 7) is 7.52. The molecule has 1 aromatic rings. The van der Waals surface area contributed by atoms with Crippen LogP contribution in [0.1, 0.15) is 5.56 Å². The second kappa shape index (κ2) is 8.40. The first kappa shape index (κ1) is 18.6. The molecule has 0 spiro atoms. The number of methoxy groups -OCH3 is 1. The van der Waals surface area contributed by atoms with Gasteiger partial charge in [0.25, 0.3) is 5.91 Å². The van der Waals surface area contributed by atoms with Gasteiger partial charge in [0, 0.05) is 26.2 Å². The molecule has 1 amide bonds. The Morgan fingerprint density at radius 3 is 2.67 bits per heavy atom. The van der Waals surface area contributed by atoms with Gasteiger partial charge in [0.2, 0.25) is 0 Å². The molecule has 0 saturated carbocycles. The topological polar surface area (TPSA) is 50.8 Å². The zero-order chi connectivity index (χ0) is 16.2. The van der Waals surface area contributed by atoms with Crippen LogP contribution in [0, 0.1) is 11.8 Å². The molecule has 1 aromatic carbocycles. The van der Waals surface area contributed by atoms with Gasteiger partial charge in [0.1, 0.15) is 0 Å². The average Bonchev–Trinajstić information content (AvgIpc) is 3.15. The number of halogens is 1. The van der Waals surface area contributed by atoms with E-state index in [9.17, 15) is 4.79 Å². The molecule has 2 atom stereocenters. The fourth-order valence-electron chi connectivity index (χ4n) is 3.41. The van der Waals surface area contributed by atoms with Gasteiger partial charge in [-0.2, -0.15) is 0 Å². The summed E-state index contributed by atoms with van der Waals surface area (Å²) in [5.41, 5.74) is 1.11. The number of ether oxygens (including phenoxy) is 2. The number of fused-ring (bicyclic) bond motifs is 1. The number of rotatable bonds is 6. The van der Waals surface area contributed by atoms with E-state index in [0.717, 1.165) is 38.2 Å². The van der Waals surface area contributed by atoms with Crippen LogP contribution in [-0.2, 0) is 11.2 Å². The van der Waals surface area contributed by atoms with Crippen LogP contribution in [-0.4, -0.2) is 50.7 Å². The number of nitrogens with one attached hydrogen (secondary N) is 1. The lowest BCUT2D eigenvalue weighted by Crippen LogP contribution is -2.35. The molecule has 0 radical (unpaired) electrons. The summed E-state index contributed by atoms with van der Waals surface area (Å²) in [6, 6.07) is 5.75. The van der Waals surface area contributed by atoms with Gasteiger partial charge in [-0.05, 0) is 36.0 Å². The largest absolute Gasteiger partial charge is 0.493 e. The van der Waals surface area contributed by atoms with E-state index in [1.807, 2.05) is 29.2 Å². The predicted octanol–water partition coefficient (Wildman–Crippen LogP) is 1.90. The third-order valence-electron chi connectivity index (χ3n) is 4.70. The van der Waals surface area contributed by atoms with E-state index < -0.39 is 0 Å². The molecular weight excluding hydrogens is 328 g/mol. The standard InChI is InChI=1S/C18H24N2O3.ClH/c1-3-4-13-5-6-16(17(7-13)22-2)23-12-18(21)20-10-14-8-19-9-15(14)11-20;/h3,5-7,14-15,19H,1,4,8-12H2,2H3;1H/t14-,15+;. The Morgan fingerprint density at radius 2 is 2.04 bits per heavy atom. The molecule has 3 rings (SSSR count). The SMILES string of the molecule is C=CCc1ccc(OCC(=O)N2C[C@H]3CNC[C@H]3C2)c(OC)c1.Cl. The average molecular weight is 353 g/mol. The Hall–Kier alpha value is -1.72. The summed E-state index contributed by atoms with van der Waals surface area (Å²) < 4.78 is 11.1. The zero-order valence-electron chi connectivity index (χ0n) is 14.0. The Morgan fingerprint density at radius 1 is 1.33 bits per heavy atom. The lowest BCUT2D eigenvalue weighted by molar-refractivity contribution is -0.132. The van der Waals surface area contributed by atoms with Crippen molar-refractivity contribution in [2.75, 3.05) is 39.9 Å². The molecule has 0 aromatic heterocycles. The first-order chi connectivity index (χ1) is 11.2. The third-order valence-corrected chi connectivity index (χ3v) is 4.70. The normalized spacial score (nSPS) is 21.8. The molecule has 0 unspecified atom stereocenters. The number of benzene rings is 1. The summed E-state index contributed by atoms with van der Waals surface area (Å²) in [4.78, 5) is 14.3. The van der Waals surface area contributed by atoms with Crippen LogP contribution in [0.25, 0.3) is 0 Å². The zero-order valence-corrected chi connectivity index (χ0v) is 14.8. The van der Waals surface area contributed by atoms with Crippen molar-refractivity contribution in [2.24, 2.45) is 11.8 Å². The highest BCUT2D eigenvalue weighted by Gasteiger charge is 2.38. The fraction of sp³-hybridized carbons (Fsp3) is 0.500. The van der Waals surface area contributed by atoms with Gasteiger partial charge in [0.05, 0.1) is 7.11 Å². The fourth-order valence-corrected chi connectivity index (χ4v) is 3.41. The van der Waals surface area contributed by atoms with Crippen LogP contribution >= 0.6 is 12.4 Å². The molecule has 132 valence electrons. The summed E-state index contributed by atoms with van der Waals surface area (Å²) >= 11 is 0.